The number of rotatable bonds is 7. The predicted octanol–water partition coefficient (Wildman–Crippen LogP) is 2.99. The number of nitrogens with one attached hydrogen (secondary N) is 1. The summed E-state index contributed by atoms with van der Waals surface area (Å²) >= 11 is 0. The third-order valence-corrected chi connectivity index (χ3v) is 5.44. The van der Waals surface area contributed by atoms with Crippen LogP contribution in [0.2, 0.25) is 0 Å². The van der Waals surface area contributed by atoms with Gasteiger partial charge in [0, 0.05) is 30.8 Å². The highest BCUT2D eigenvalue weighted by atomic mass is 16.5. The highest BCUT2D eigenvalue weighted by Gasteiger charge is 2.24. The van der Waals surface area contributed by atoms with Gasteiger partial charge in [0.1, 0.15) is 5.75 Å². The normalized spacial score (nSPS) is 14.2. The lowest BCUT2D eigenvalue weighted by atomic mass is 9.96. The maximum absolute atomic E-state index is 12.8. The zero-order valence-corrected chi connectivity index (χ0v) is 17.6. The van der Waals surface area contributed by atoms with Crippen molar-refractivity contribution in [1.29, 1.82) is 0 Å². The quantitative estimate of drug-likeness (QED) is 0.757. The van der Waals surface area contributed by atoms with Crippen LogP contribution in [0.25, 0.3) is 0 Å². The summed E-state index contributed by atoms with van der Waals surface area (Å²) in [5.74, 6) is 2.10. The first kappa shape index (κ1) is 21.5. The lowest BCUT2D eigenvalue weighted by Crippen LogP contribution is -2.41. The molecule has 0 unspecified atom stereocenters. The molecule has 1 aliphatic rings. The molecule has 0 radical (unpaired) electrons. The van der Waals surface area contributed by atoms with E-state index in [2.05, 4.69) is 5.32 Å². The number of carbonyl (C=O) groups excluding carboxylic acids is 2. The van der Waals surface area contributed by atoms with Crippen molar-refractivity contribution >= 4 is 11.8 Å². The van der Waals surface area contributed by atoms with Gasteiger partial charge in [0.15, 0.2) is 11.5 Å². The van der Waals surface area contributed by atoms with Crippen molar-refractivity contribution < 1.29 is 23.8 Å². The molecular weight excluding hydrogens is 384 g/mol. The fourth-order valence-electron chi connectivity index (χ4n) is 3.57. The van der Waals surface area contributed by atoms with Gasteiger partial charge in [0.2, 0.25) is 0 Å². The Morgan fingerprint density at radius 3 is 2.13 bits per heavy atom. The van der Waals surface area contributed by atoms with Gasteiger partial charge in [-0.1, -0.05) is 0 Å². The van der Waals surface area contributed by atoms with Crippen LogP contribution in [0.3, 0.4) is 0 Å². The lowest BCUT2D eigenvalue weighted by Gasteiger charge is -2.32. The third-order valence-electron chi connectivity index (χ3n) is 5.44. The van der Waals surface area contributed by atoms with Crippen LogP contribution in [-0.2, 0) is 0 Å². The monoisotopic (exact) mass is 412 g/mol. The Morgan fingerprint density at radius 1 is 0.900 bits per heavy atom. The number of benzene rings is 2. The summed E-state index contributed by atoms with van der Waals surface area (Å²) in [5, 5.41) is 3.00. The fourth-order valence-corrected chi connectivity index (χ4v) is 3.57. The van der Waals surface area contributed by atoms with E-state index >= 15 is 0 Å². The van der Waals surface area contributed by atoms with Crippen LogP contribution in [0.1, 0.15) is 33.6 Å². The smallest absolute Gasteiger partial charge is 0.253 e. The minimum absolute atomic E-state index is 0.0170. The zero-order valence-electron chi connectivity index (χ0n) is 17.6. The molecule has 1 N–H and O–H groups in total. The van der Waals surface area contributed by atoms with Crippen molar-refractivity contribution in [2.45, 2.75) is 12.8 Å². The van der Waals surface area contributed by atoms with Crippen molar-refractivity contribution in [3.63, 3.8) is 0 Å². The number of amides is 2. The molecule has 1 fully saturated rings. The van der Waals surface area contributed by atoms with Crippen LogP contribution in [-0.4, -0.2) is 57.7 Å². The largest absolute Gasteiger partial charge is 0.497 e. The topological polar surface area (TPSA) is 77.1 Å². The minimum atomic E-state index is -0.0958. The highest BCUT2D eigenvalue weighted by molar-refractivity contribution is 5.95. The van der Waals surface area contributed by atoms with E-state index in [1.165, 1.54) is 0 Å². The fraction of sp³-hybridized carbons (Fsp3) is 0.391. The van der Waals surface area contributed by atoms with E-state index in [0.717, 1.165) is 18.6 Å². The molecule has 1 saturated heterocycles. The molecule has 2 aromatic rings. The van der Waals surface area contributed by atoms with Crippen molar-refractivity contribution in [3.05, 3.63) is 53.6 Å². The Bertz CT molecular complexity index is 874. The Balaban J connectivity index is 1.49. The lowest BCUT2D eigenvalue weighted by molar-refractivity contribution is 0.0684. The molecule has 2 aromatic carbocycles. The van der Waals surface area contributed by atoms with E-state index in [4.69, 9.17) is 14.2 Å². The molecule has 1 heterocycles. The van der Waals surface area contributed by atoms with Gasteiger partial charge < -0.3 is 24.4 Å². The number of methoxy groups -OCH3 is 3. The van der Waals surface area contributed by atoms with Crippen molar-refractivity contribution in [2.75, 3.05) is 41.0 Å². The molecule has 2 amide bonds. The average Bonchev–Trinajstić information content (AvgIpc) is 2.82. The number of carbonyl (C=O) groups is 2. The Kier molecular flexibility index (Phi) is 7.17. The van der Waals surface area contributed by atoms with Crippen molar-refractivity contribution in [3.8, 4) is 17.2 Å². The number of piperidine rings is 1. The van der Waals surface area contributed by atoms with Gasteiger partial charge in [0.25, 0.3) is 11.8 Å². The van der Waals surface area contributed by atoms with Crippen LogP contribution in [0, 0.1) is 5.92 Å². The van der Waals surface area contributed by atoms with Crippen molar-refractivity contribution in [1.82, 2.24) is 10.2 Å². The van der Waals surface area contributed by atoms with E-state index in [0.29, 0.717) is 48.2 Å². The molecule has 7 heteroatoms. The summed E-state index contributed by atoms with van der Waals surface area (Å²) in [6.45, 7) is 1.93. The number of ether oxygens (including phenoxy) is 3. The van der Waals surface area contributed by atoms with Crippen LogP contribution in [0.4, 0.5) is 0 Å². The van der Waals surface area contributed by atoms with E-state index in [1.807, 2.05) is 4.90 Å². The van der Waals surface area contributed by atoms with Gasteiger partial charge in [-0.2, -0.15) is 0 Å². The van der Waals surface area contributed by atoms with Gasteiger partial charge >= 0.3 is 0 Å². The van der Waals surface area contributed by atoms with Gasteiger partial charge in [-0.05, 0) is 61.2 Å². The van der Waals surface area contributed by atoms with E-state index in [1.54, 1.807) is 63.8 Å². The Morgan fingerprint density at radius 2 is 1.53 bits per heavy atom. The maximum Gasteiger partial charge on any atom is 0.253 e. The first-order chi connectivity index (χ1) is 14.5. The number of nitrogens with zero attached hydrogens (tertiary/aromatic N) is 1. The molecule has 1 aliphatic heterocycles. The first-order valence-electron chi connectivity index (χ1n) is 9.99. The van der Waals surface area contributed by atoms with Gasteiger partial charge in [-0.3, -0.25) is 9.59 Å². The van der Waals surface area contributed by atoms with E-state index in [-0.39, 0.29) is 11.8 Å². The molecule has 0 aromatic heterocycles. The molecule has 30 heavy (non-hydrogen) atoms. The van der Waals surface area contributed by atoms with Gasteiger partial charge in [-0.15, -0.1) is 0 Å². The molecule has 0 saturated carbocycles. The van der Waals surface area contributed by atoms with Gasteiger partial charge in [-0.25, -0.2) is 0 Å². The standard InChI is InChI=1S/C23H28N2O5/c1-28-19-7-4-17(5-8-19)22(26)24-15-16-10-12-25(13-11-16)23(27)18-6-9-20(29-2)21(14-18)30-3/h4-9,14,16H,10-13,15H2,1-3H3,(H,24,26). The maximum atomic E-state index is 12.8. The minimum Gasteiger partial charge on any atom is -0.497 e. The van der Waals surface area contributed by atoms with Gasteiger partial charge in [0.05, 0.1) is 21.3 Å². The Hall–Kier alpha value is -3.22. The first-order valence-corrected chi connectivity index (χ1v) is 9.99. The second kappa shape index (κ2) is 10.0. The summed E-state index contributed by atoms with van der Waals surface area (Å²) in [7, 11) is 4.71. The second-order valence-corrected chi connectivity index (χ2v) is 7.24. The van der Waals surface area contributed by atoms with E-state index in [9.17, 15) is 9.59 Å². The summed E-state index contributed by atoms with van der Waals surface area (Å²) in [4.78, 5) is 27.0. The third kappa shape index (κ3) is 5.03. The molecule has 3 rings (SSSR count). The highest BCUT2D eigenvalue weighted by Crippen LogP contribution is 2.28. The summed E-state index contributed by atoms with van der Waals surface area (Å²) in [6.07, 6.45) is 1.70. The summed E-state index contributed by atoms with van der Waals surface area (Å²) in [5.41, 5.74) is 1.19. The van der Waals surface area contributed by atoms with Crippen LogP contribution in [0.15, 0.2) is 42.5 Å². The Labute approximate surface area is 176 Å². The SMILES string of the molecule is COc1ccc(C(=O)NCC2CCN(C(=O)c3ccc(OC)c(OC)c3)CC2)cc1. The zero-order chi connectivity index (χ0) is 21.5. The number of hydrogen-bond donors (Lipinski definition) is 1. The van der Waals surface area contributed by atoms with Crippen molar-refractivity contribution in [2.24, 2.45) is 5.92 Å². The van der Waals surface area contributed by atoms with Crippen LogP contribution in [0.5, 0.6) is 17.2 Å². The summed E-state index contributed by atoms with van der Waals surface area (Å²) < 4.78 is 15.6. The molecule has 0 bridgehead atoms. The average molecular weight is 412 g/mol. The van der Waals surface area contributed by atoms with E-state index < -0.39 is 0 Å². The summed E-state index contributed by atoms with van der Waals surface area (Å²) in [6, 6.07) is 12.2. The predicted molar refractivity (Wildman–Crippen MR) is 114 cm³/mol. The van der Waals surface area contributed by atoms with Crippen LogP contribution >= 0.6 is 0 Å². The number of likely N-dealkylation sites (tertiary alicyclic amines) is 1. The second-order valence-electron chi connectivity index (χ2n) is 7.24. The molecule has 0 spiro atoms. The van der Waals surface area contributed by atoms with Crippen LogP contribution < -0.4 is 19.5 Å². The molecule has 0 atom stereocenters. The molecule has 0 aliphatic carbocycles. The number of hydrogen-bond acceptors (Lipinski definition) is 5. The molecular formula is C23H28N2O5. The molecule has 7 nitrogen and oxygen atoms in total. The molecule has 160 valence electrons.